The normalized spacial score (nSPS) is 11.8. The Morgan fingerprint density at radius 3 is 2.76 bits per heavy atom. The molecule has 2 aromatic carbocycles. The number of nitrogens with zero attached hydrogens (tertiary/aromatic N) is 6. The van der Waals surface area contributed by atoms with E-state index < -0.39 is 6.04 Å². The van der Waals surface area contributed by atoms with Gasteiger partial charge in [-0.2, -0.15) is 0 Å². The molecule has 29 heavy (non-hydrogen) atoms. The number of amides is 1. The number of hydrogen-bond acceptors (Lipinski definition) is 6. The Balaban J connectivity index is 1.67. The summed E-state index contributed by atoms with van der Waals surface area (Å²) in [7, 11) is 3.50. The molecule has 0 fully saturated rings. The van der Waals surface area contributed by atoms with E-state index >= 15 is 0 Å². The second-order valence-electron chi connectivity index (χ2n) is 6.38. The third kappa shape index (κ3) is 3.84. The van der Waals surface area contributed by atoms with Crippen LogP contribution in [0.5, 0.6) is 5.75 Å². The lowest BCUT2D eigenvalue weighted by molar-refractivity contribution is 0.0941. The van der Waals surface area contributed by atoms with Crippen molar-refractivity contribution in [3.05, 3.63) is 84.2 Å². The third-order valence-electron chi connectivity index (χ3n) is 4.54. The molecule has 146 valence electrons. The van der Waals surface area contributed by atoms with Gasteiger partial charge in [-0.25, -0.2) is 9.67 Å². The lowest BCUT2D eigenvalue weighted by atomic mass is 10.0. The van der Waals surface area contributed by atoms with Crippen LogP contribution < -0.4 is 10.1 Å². The number of aromatic nitrogens is 6. The Bertz CT molecular complexity index is 1120. The zero-order valence-corrected chi connectivity index (χ0v) is 15.9. The zero-order chi connectivity index (χ0) is 20.2. The maximum atomic E-state index is 13.1. The first kappa shape index (κ1) is 18.4. The summed E-state index contributed by atoms with van der Waals surface area (Å²) < 4.78 is 8.71. The van der Waals surface area contributed by atoms with Crippen LogP contribution in [0.2, 0.25) is 0 Å². The highest BCUT2D eigenvalue weighted by Gasteiger charge is 2.22. The van der Waals surface area contributed by atoms with Crippen molar-refractivity contribution < 1.29 is 9.53 Å². The molecule has 2 aromatic heterocycles. The van der Waals surface area contributed by atoms with E-state index in [0.717, 1.165) is 5.56 Å². The number of tetrazole rings is 1. The largest absolute Gasteiger partial charge is 0.497 e. The lowest BCUT2D eigenvalue weighted by Gasteiger charge is -2.20. The van der Waals surface area contributed by atoms with Crippen molar-refractivity contribution in [1.29, 1.82) is 0 Å². The standard InChI is InChI=1S/C20H19N7O2/c1-26-10-9-21-19(26)18(14-5-4-8-17(12-14)29-2)23-20(28)15-6-3-7-16(11-15)27-13-22-24-25-27/h3-13,18H,1-2H3,(H,23,28). The quantitative estimate of drug-likeness (QED) is 0.541. The van der Waals surface area contributed by atoms with E-state index in [1.165, 1.54) is 11.0 Å². The molecule has 4 aromatic rings. The van der Waals surface area contributed by atoms with Crippen molar-refractivity contribution in [1.82, 2.24) is 35.1 Å². The molecule has 0 aliphatic rings. The fraction of sp³-hybridized carbons (Fsp3) is 0.150. The summed E-state index contributed by atoms with van der Waals surface area (Å²) >= 11 is 0. The van der Waals surface area contributed by atoms with Crippen LogP contribution in [0.15, 0.2) is 67.3 Å². The maximum Gasteiger partial charge on any atom is 0.252 e. The van der Waals surface area contributed by atoms with E-state index in [-0.39, 0.29) is 5.91 Å². The minimum atomic E-state index is -0.450. The lowest BCUT2D eigenvalue weighted by Crippen LogP contribution is -2.31. The molecule has 1 N–H and O–H groups in total. The molecular formula is C20H19N7O2. The zero-order valence-electron chi connectivity index (χ0n) is 15.9. The minimum Gasteiger partial charge on any atom is -0.497 e. The molecule has 1 unspecified atom stereocenters. The van der Waals surface area contributed by atoms with Gasteiger partial charge >= 0.3 is 0 Å². The Kier molecular flexibility index (Phi) is 5.02. The highest BCUT2D eigenvalue weighted by Crippen LogP contribution is 2.24. The van der Waals surface area contributed by atoms with Crippen molar-refractivity contribution in [2.75, 3.05) is 7.11 Å². The number of ether oxygens (including phenoxy) is 1. The topological polar surface area (TPSA) is 99.8 Å². The van der Waals surface area contributed by atoms with Gasteiger partial charge in [0.05, 0.1) is 12.8 Å². The Hall–Kier alpha value is -4.01. The average Bonchev–Trinajstić information content (AvgIpc) is 3.44. The van der Waals surface area contributed by atoms with Gasteiger partial charge in [0.1, 0.15) is 23.9 Å². The summed E-state index contributed by atoms with van der Waals surface area (Å²) in [5, 5.41) is 14.2. The van der Waals surface area contributed by atoms with Crippen LogP contribution >= 0.6 is 0 Å². The van der Waals surface area contributed by atoms with Crippen molar-refractivity contribution in [2.24, 2.45) is 7.05 Å². The molecule has 1 atom stereocenters. The minimum absolute atomic E-state index is 0.240. The van der Waals surface area contributed by atoms with Crippen molar-refractivity contribution >= 4 is 5.91 Å². The van der Waals surface area contributed by atoms with Gasteiger partial charge < -0.3 is 14.6 Å². The molecule has 0 saturated heterocycles. The number of rotatable bonds is 6. The number of imidazole rings is 1. The van der Waals surface area contributed by atoms with Gasteiger partial charge in [-0.3, -0.25) is 4.79 Å². The van der Waals surface area contributed by atoms with Crippen LogP contribution in [0.4, 0.5) is 0 Å². The molecular weight excluding hydrogens is 370 g/mol. The van der Waals surface area contributed by atoms with Crippen LogP contribution in [0.25, 0.3) is 5.69 Å². The van der Waals surface area contributed by atoms with E-state index in [1.54, 1.807) is 31.5 Å². The molecule has 0 spiro atoms. The van der Waals surface area contributed by atoms with E-state index in [2.05, 4.69) is 25.8 Å². The maximum absolute atomic E-state index is 13.1. The van der Waals surface area contributed by atoms with E-state index in [0.29, 0.717) is 22.8 Å². The number of aryl methyl sites for hydroxylation is 1. The fourth-order valence-corrected chi connectivity index (χ4v) is 3.06. The van der Waals surface area contributed by atoms with Crippen LogP contribution in [-0.2, 0) is 7.05 Å². The molecule has 4 rings (SSSR count). The first-order valence-corrected chi connectivity index (χ1v) is 8.91. The monoisotopic (exact) mass is 389 g/mol. The van der Waals surface area contributed by atoms with Crippen molar-refractivity contribution in [3.63, 3.8) is 0 Å². The molecule has 9 heteroatoms. The Morgan fingerprint density at radius 1 is 1.17 bits per heavy atom. The SMILES string of the molecule is COc1cccc(C(NC(=O)c2cccc(-n3cnnn3)c2)c2nccn2C)c1. The molecule has 2 heterocycles. The van der Waals surface area contributed by atoms with Gasteiger partial charge in [0.25, 0.3) is 5.91 Å². The van der Waals surface area contributed by atoms with E-state index in [4.69, 9.17) is 4.74 Å². The molecule has 0 bridgehead atoms. The fourth-order valence-electron chi connectivity index (χ4n) is 3.06. The number of hydrogen-bond donors (Lipinski definition) is 1. The molecule has 9 nitrogen and oxygen atoms in total. The van der Waals surface area contributed by atoms with Crippen LogP contribution in [0, 0.1) is 0 Å². The second kappa shape index (κ2) is 7.93. The number of benzene rings is 2. The van der Waals surface area contributed by atoms with E-state index in [9.17, 15) is 4.79 Å². The Labute approximate surface area is 167 Å². The summed E-state index contributed by atoms with van der Waals surface area (Å²) in [5.41, 5.74) is 2.04. The highest BCUT2D eigenvalue weighted by atomic mass is 16.5. The van der Waals surface area contributed by atoms with Gasteiger partial charge in [-0.15, -0.1) is 5.10 Å². The van der Waals surface area contributed by atoms with Crippen molar-refractivity contribution in [3.8, 4) is 11.4 Å². The van der Waals surface area contributed by atoms with Gasteiger partial charge in [0.2, 0.25) is 0 Å². The van der Waals surface area contributed by atoms with E-state index in [1.807, 2.05) is 48.1 Å². The number of nitrogens with one attached hydrogen (secondary N) is 1. The number of carbonyl (C=O) groups is 1. The molecule has 0 aliphatic carbocycles. The van der Waals surface area contributed by atoms with Crippen LogP contribution in [0.1, 0.15) is 27.8 Å². The summed E-state index contributed by atoms with van der Waals surface area (Å²) in [6, 6.07) is 14.2. The summed E-state index contributed by atoms with van der Waals surface area (Å²) in [6.07, 6.45) is 5.02. The van der Waals surface area contributed by atoms with Crippen molar-refractivity contribution in [2.45, 2.75) is 6.04 Å². The van der Waals surface area contributed by atoms with Gasteiger partial charge in [0.15, 0.2) is 0 Å². The third-order valence-corrected chi connectivity index (χ3v) is 4.54. The second-order valence-corrected chi connectivity index (χ2v) is 6.38. The molecule has 1 amide bonds. The highest BCUT2D eigenvalue weighted by molar-refractivity contribution is 5.95. The average molecular weight is 389 g/mol. The van der Waals surface area contributed by atoms with Crippen LogP contribution in [0.3, 0.4) is 0 Å². The van der Waals surface area contributed by atoms with Crippen LogP contribution in [-0.4, -0.2) is 42.8 Å². The smallest absolute Gasteiger partial charge is 0.252 e. The molecule has 0 saturated carbocycles. The molecule has 0 aliphatic heterocycles. The number of methoxy groups -OCH3 is 1. The predicted octanol–water partition coefficient (Wildman–Crippen LogP) is 1.92. The summed E-state index contributed by atoms with van der Waals surface area (Å²) in [6.45, 7) is 0. The first-order valence-electron chi connectivity index (χ1n) is 8.91. The van der Waals surface area contributed by atoms with Gasteiger partial charge in [-0.1, -0.05) is 18.2 Å². The number of carbonyl (C=O) groups excluding carboxylic acids is 1. The van der Waals surface area contributed by atoms with Gasteiger partial charge in [0, 0.05) is 25.0 Å². The summed E-state index contributed by atoms with van der Waals surface area (Å²) in [5.74, 6) is 1.18. The Morgan fingerprint density at radius 2 is 2.03 bits per heavy atom. The summed E-state index contributed by atoms with van der Waals surface area (Å²) in [4.78, 5) is 17.5. The molecule has 0 radical (unpaired) electrons. The predicted molar refractivity (Wildman–Crippen MR) is 105 cm³/mol. The first-order chi connectivity index (χ1) is 14.2. The van der Waals surface area contributed by atoms with Gasteiger partial charge in [-0.05, 0) is 46.3 Å².